The lowest BCUT2D eigenvalue weighted by Crippen LogP contribution is -2.31. The number of carbonyl (C=O) groups excluding carboxylic acids is 2. The average Bonchev–Trinajstić information content (AvgIpc) is 3.17. The van der Waals surface area contributed by atoms with Gasteiger partial charge in [-0.05, 0) is 30.7 Å². The van der Waals surface area contributed by atoms with Crippen molar-refractivity contribution in [1.29, 1.82) is 0 Å². The molecule has 0 radical (unpaired) electrons. The molecule has 1 aliphatic rings. The Kier molecular flexibility index (Phi) is 3.90. The maximum atomic E-state index is 12.4. The highest BCUT2D eigenvalue weighted by Gasteiger charge is 2.31. The van der Waals surface area contributed by atoms with Crippen molar-refractivity contribution in [3.05, 3.63) is 47.2 Å². The first-order chi connectivity index (χ1) is 10.6. The zero-order valence-electron chi connectivity index (χ0n) is 11.8. The van der Waals surface area contributed by atoms with E-state index in [4.69, 9.17) is 21.8 Å². The molecule has 1 aromatic heterocycles. The quantitative estimate of drug-likeness (QED) is 0.944. The standard InChI is InChI=1S/C16H15ClN2O3/c17-12-4-2-1-3-11(12)13-5-6-14(22-13)16(21)19-8-7-10(9-19)15(18)20/h1-6,10H,7-9H2,(H2,18,20)/t10-/m1/s1. The topological polar surface area (TPSA) is 76.5 Å². The predicted octanol–water partition coefficient (Wildman–Crippen LogP) is 2.55. The van der Waals surface area contributed by atoms with Crippen molar-refractivity contribution in [3.63, 3.8) is 0 Å². The highest BCUT2D eigenvalue weighted by atomic mass is 35.5. The summed E-state index contributed by atoms with van der Waals surface area (Å²) in [7, 11) is 0. The average molecular weight is 319 g/mol. The molecule has 2 heterocycles. The van der Waals surface area contributed by atoms with Crippen molar-refractivity contribution < 1.29 is 14.0 Å². The van der Waals surface area contributed by atoms with Crippen molar-refractivity contribution in [2.24, 2.45) is 11.7 Å². The largest absolute Gasteiger partial charge is 0.451 e. The summed E-state index contributed by atoms with van der Waals surface area (Å²) < 4.78 is 5.63. The van der Waals surface area contributed by atoms with Crippen LogP contribution in [0, 0.1) is 5.92 Å². The van der Waals surface area contributed by atoms with Crippen molar-refractivity contribution >= 4 is 23.4 Å². The first-order valence-corrected chi connectivity index (χ1v) is 7.37. The molecule has 1 aromatic carbocycles. The summed E-state index contributed by atoms with van der Waals surface area (Å²) in [5, 5.41) is 0.561. The summed E-state index contributed by atoms with van der Waals surface area (Å²) in [6.07, 6.45) is 0.596. The van der Waals surface area contributed by atoms with E-state index >= 15 is 0 Å². The summed E-state index contributed by atoms with van der Waals surface area (Å²) in [4.78, 5) is 25.2. The number of rotatable bonds is 3. The van der Waals surface area contributed by atoms with Gasteiger partial charge in [-0.15, -0.1) is 0 Å². The Balaban J connectivity index is 1.78. The summed E-state index contributed by atoms with van der Waals surface area (Å²) in [5.41, 5.74) is 6.02. The number of likely N-dealkylation sites (tertiary alicyclic amines) is 1. The number of nitrogens with two attached hydrogens (primary N) is 1. The third-order valence-corrected chi connectivity index (χ3v) is 4.16. The Hall–Kier alpha value is -2.27. The summed E-state index contributed by atoms with van der Waals surface area (Å²) in [6, 6.07) is 10.6. The van der Waals surface area contributed by atoms with Gasteiger partial charge in [-0.25, -0.2) is 0 Å². The highest BCUT2D eigenvalue weighted by molar-refractivity contribution is 6.33. The van der Waals surface area contributed by atoms with E-state index in [-0.39, 0.29) is 23.5 Å². The molecule has 22 heavy (non-hydrogen) atoms. The van der Waals surface area contributed by atoms with Crippen molar-refractivity contribution in [2.75, 3.05) is 13.1 Å². The lowest BCUT2D eigenvalue weighted by Gasteiger charge is -2.13. The number of amides is 2. The van der Waals surface area contributed by atoms with Gasteiger partial charge < -0.3 is 15.1 Å². The van der Waals surface area contributed by atoms with Crippen LogP contribution in [0.5, 0.6) is 0 Å². The first kappa shape index (κ1) is 14.7. The van der Waals surface area contributed by atoms with E-state index in [9.17, 15) is 9.59 Å². The van der Waals surface area contributed by atoms with Crippen LogP contribution < -0.4 is 5.73 Å². The molecular weight excluding hydrogens is 304 g/mol. The fraction of sp³-hybridized carbons (Fsp3) is 0.250. The third-order valence-electron chi connectivity index (χ3n) is 3.83. The number of halogens is 1. The lowest BCUT2D eigenvalue weighted by atomic mass is 10.1. The molecule has 0 bridgehead atoms. The second-order valence-electron chi connectivity index (χ2n) is 5.28. The van der Waals surface area contributed by atoms with Crippen molar-refractivity contribution in [3.8, 4) is 11.3 Å². The number of primary amides is 1. The molecule has 2 aromatic rings. The van der Waals surface area contributed by atoms with Gasteiger partial charge in [-0.2, -0.15) is 0 Å². The molecule has 1 fully saturated rings. The van der Waals surface area contributed by atoms with Crippen LogP contribution in [0.3, 0.4) is 0 Å². The van der Waals surface area contributed by atoms with Crippen LogP contribution in [0.15, 0.2) is 40.8 Å². The Labute approximate surface area is 132 Å². The Morgan fingerprint density at radius 2 is 2.00 bits per heavy atom. The van der Waals surface area contributed by atoms with Crippen LogP contribution in [0.4, 0.5) is 0 Å². The molecule has 2 N–H and O–H groups in total. The van der Waals surface area contributed by atoms with Crippen LogP contribution in [0.25, 0.3) is 11.3 Å². The van der Waals surface area contributed by atoms with E-state index in [1.54, 1.807) is 23.1 Å². The monoisotopic (exact) mass is 318 g/mol. The fourth-order valence-corrected chi connectivity index (χ4v) is 2.82. The number of benzene rings is 1. The van der Waals surface area contributed by atoms with Crippen molar-refractivity contribution in [1.82, 2.24) is 4.90 Å². The first-order valence-electron chi connectivity index (χ1n) is 6.99. The number of furan rings is 1. The number of nitrogens with zero attached hydrogens (tertiary/aromatic N) is 1. The second-order valence-corrected chi connectivity index (χ2v) is 5.69. The van der Waals surface area contributed by atoms with E-state index < -0.39 is 0 Å². The van der Waals surface area contributed by atoms with E-state index in [1.165, 1.54) is 0 Å². The van der Waals surface area contributed by atoms with Gasteiger partial charge in [0.05, 0.1) is 10.9 Å². The minimum atomic E-state index is -0.369. The van der Waals surface area contributed by atoms with E-state index in [0.717, 1.165) is 5.56 Å². The predicted molar refractivity (Wildman–Crippen MR) is 82.4 cm³/mol. The molecule has 3 rings (SSSR count). The number of hydrogen-bond donors (Lipinski definition) is 1. The molecule has 1 atom stereocenters. The van der Waals surface area contributed by atoms with Crippen LogP contribution >= 0.6 is 11.6 Å². The minimum Gasteiger partial charge on any atom is -0.451 e. The van der Waals surface area contributed by atoms with Gasteiger partial charge >= 0.3 is 0 Å². The van der Waals surface area contributed by atoms with Crippen LogP contribution in [-0.4, -0.2) is 29.8 Å². The van der Waals surface area contributed by atoms with Gasteiger partial charge in [0.25, 0.3) is 5.91 Å². The van der Waals surface area contributed by atoms with E-state index in [2.05, 4.69) is 0 Å². The minimum absolute atomic E-state index is 0.234. The molecule has 0 saturated carbocycles. The molecular formula is C16H15ClN2O3. The Morgan fingerprint density at radius 1 is 1.23 bits per heavy atom. The maximum absolute atomic E-state index is 12.4. The lowest BCUT2D eigenvalue weighted by molar-refractivity contribution is -0.121. The maximum Gasteiger partial charge on any atom is 0.289 e. The highest BCUT2D eigenvalue weighted by Crippen LogP contribution is 2.30. The molecule has 0 unspecified atom stereocenters. The summed E-state index contributed by atoms with van der Waals surface area (Å²) in [5.74, 6) is -0.102. The molecule has 5 nitrogen and oxygen atoms in total. The molecule has 0 spiro atoms. The van der Waals surface area contributed by atoms with Gasteiger partial charge in [-0.1, -0.05) is 23.7 Å². The van der Waals surface area contributed by atoms with E-state index in [1.807, 2.05) is 18.2 Å². The molecule has 6 heteroatoms. The van der Waals surface area contributed by atoms with Gasteiger partial charge in [0, 0.05) is 18.7 Å². The normalized spacial score (nSPS) is 17.7. The third kappa shape index (κ3) is 2.72. The molecule has 1 aliphatic heterocycles. The zero-order chi connectivity index (χ0) is 15.7. The summed E-state index contributed by atoms with van der Waals surface area (Å²) in [6.45, 7) is 0.852. The number of hydrogen-bond acceptors (Lipinski definition) is 3. The fourth-order valence-electron chi connectivity index (χ4n) is 2.59. The van der Waals surface area contributed by atoms with Gasteiger partial charge in [0.2, 0.25) is 5.91 Å². The van der Waals surface area contributed by atoms with Gasteiger partial charge in [0.15, 0.2) is 5.76 Å². The van der Waals surface area contributed by atoms with Crippen molar-refractivity contribution in [2.45, 2.75) is 6.42 Å². The van der Waals surface area contributed by atoms with E-state index in [0.29, 0.717) is 30.3 Å². The van der Waals surface area contributed by atoms with Crippen LogP contribution in [0.1, 0.15) is 17.0 Å². The van der Waals surface area contributed by atoms with Crippen LogP contribution in [0.2, 0.25) is 5.02 Å². The molecule has 114 valence electrons. The summed E-state index contributed by atoms with van der Waals surface area (Å²) >= 11 is 6.12. The molecule has 2 amide bonds. The smallest absolute Gasteiger partial charge is 0.289 e. The number of carbonyl (C=O) groups is 2. The second kappa shape index (κ2) is 5.85. The van der Waals surface area contributed by atoms with Gasteiger partial charge in [-0.3, -0.25) is 9.59 Å². The Morgan fingerprint density at radius 3 is 2.68 bits per heavy atom. The molecule has 1 saturated heterocycles. The SMILES string of the molecule is NC(=O)[C@@H]1CCN(C(=O)c2ccc(-c3ccccc3Cl)o2)C1. The van der Waals surface area contributed by atoms with Crippen LogP contribution in [-0.2, 0) is 4.79 Å². The molecule has 0 aliphatic carbocycles. The Bertz CT molecular complexity index is 726. The zero-order valence-corrected chi connectivity index (χ0v) is 12.5. The van der Waals surface area contributed by atoms with Gasteiger partial charge in [0.1, 0.15) is 5.76 Å².